The van der Waals surface area contributed by atoms with E-state index in [2.05, 4.69) is 15.8 Å². The Labute approximate surface area is 179 Å². The van der Waals surface area contributed by atoms with Crippen LogP contribution in [0.25, 0.3) is 0 Å². The molecule has 10 heteroatoms. The zero-order valence-corrected chi connectivity index (χ0v) is 16.7. The number of hydrogen-bond acceptors (Lipinski definition) is 6. The molecule has 1 aromatic heterocycles. The van der Waals surface area contributed by atoms with Gasteiger partial charge in [-0.15, -0.1) is 11.3 Å². The topological polar surface area (TPSA) is 96.9 Å². The largest absolute Gasteiger partial charge is 0.422 e. The highest BCUT2D eigenvalue weighted by Gasteiger charge is 2.14. The summed E-state index contributed by atoms with van der Waals surface area (Å²) >= 11 is 6.88. The Morgan fingerprint density at radius 3 is 2.63 bits per heavy atom. The van der Waals surface area contributed by atoms with E-state index in [1.807, 2.05) is 0 Å². The summed E-state index contributed by atoms with van der Waals surface area (Å²) < 4.78 is 18.4. The number of amides is 2. The summed E-state index contributed by atoms with van der Waals surface area (Å²) in [7, 11) is 0. The van der Waals surface area contributed by atoms with Gasteiger partial charge in [0.25, 0.3) is 0 Å². The summed E-state index contributed by atoms with van der Waals surface area (Å²) in [5.74, 6) is -2.87. The molecule has 30 heavy (non-hydrogen) atoms. The zero-order chi connectivity index (χ0) is 21.5. The fourth-order valence-electron chi connectivity index (χ4n) is 2.19. The molecule has 2 N–H and O–H groups in total. The first-order chi connectivity index (χ1) is 14.4. The molecule has 0 radical (unpaired) electrons. The molecule has 2 amide bonds. The van der Waals surface area contributed by atoms with E-state index < -0.39 is 23.6 Å². The number of halogens is 2. The van der Waals surface area contributed by atoms with Crippen LogP contribution in [0.4, 0.5) is 10.1 Å². The lowest BCUT2D eigenvalue weighted by atomic mass is 10.2. The molecule has 0 aliphatic carbocycles. The lowest BCUT2D eigenvalue weighted by molar-refractivity contribution is -0.136. The third kappa shape index (κ3) is 5.72. The second-order valence-corrected chi connectivity index (χ2v) is 7.08. The summed E-state index contributed by atoms with van der Waals surface area (Å²) in [6.45, 7) is 0. The van der Waals surface area contributed by atoms with Crippen LogP contribution >= 0.6 is 22.9 Å². The summed E-state index contributed by atoms with van der Waals surface area (Å²) in [6.07, 6.45) is 1.28. The second kappa shape index (κ2) is 9.77. The predicted octanol–water partition coefficient (Wildman–Crippen LogP) is 3.85. The van der Waals surface area contributed by atoms with Gasteiger partial charge in [0.2, 0.25) is 0 Å². The zero-order valence-electron chi connectivity index (χ0n) is 15.1. The van der Waals surface area contributed by atoms with Crippen LogP contribution in [0.1, 0.15) is 15.2 Å². The lowest BCUT2D eigenvalue weighted by Crippen LogP contribution is -2.32. The van der Waals surface area contributed by atoms with Crippen molar-refractivity contribution in [3.05, 3.63) is 81.3 Å². The molecular weight excluding hydrogens is 433 g/mol. The molecule has 3 rings (SSSR count). The maximum atomic E-state index is 13.1. The minimum absolute atomic E-state index is 0.158. The van der Waals surface area contributed by atoms with E-state index in [0.29, 0.717) is 16.2 Å². The van der Waals surface area contributed by atoms with Crippen LogP contribution in [0.15, 0.2) is 65.1 Å². The van der Waals surface area contributed by atoms with Crippen LogP contribution in [0, 0.1) is 5.82 Å². The first-order valence-corrected chi connectivity index (χ1v) is 9.63. The smallest absolute Gasteiger partial charge is 0.353 e. The summed E-state index contributed by atoms with van der Waals surface area (Å²) in [5, 5.41) is 7.54. The minimum atomic E-state index is -1.04. The van der Waals surface area contributed by atoms with E-state index in [1.165, 1.54) is 29.7 Å². The molecule has 3 aromatic rings. The monoisotopic (exact) mass is 445 g/mol. The highest BCUT2D eigenvalue weighted by molar-refractivity contribution is 7.12. The fraction of sp³-hybridized carbons (Fsp3) is 0. The van der Waals surface area contributed by atoms with Crippen LogP contribution in [-0.4, -0.2) is 24.0 Å². The van der Waals surface area contributed by atoms with Crippen LogP contribution in [-0.2, 0) is 9.59 Å². The van der Waals surface area contributed by atoms with E-state index in [9.17, 15) is 18.8 Å². The third-order valence-corrected chi connectivity index (χ3v) is 4.69. The highest BCUT2D eigenvalue weighted by Crippen LogP contribution is 2.19. The molecule has 0 unspecified atom stereocenters. The lowest BCUT2D eigenvalue weighted by Gasteiger charge is -2.05. The first kappa shape index (κ1) is 21.2. The van der Waals surface area contributed by atoms with Gasteiger partial charge in [-0.05, 0) is 47.3 Å². The molecular formula is C20H13ClFN3O4S. The third-order valence-electron chi connectivity index (χ3n) is 3.55. The predicted molar refractivity (Wildman–Crippen MR) is 111 cm³/mol. The molecule has 0 bridgehead atoms. The van der Waals surface area contributed by atoms with Gasteiger partial charge in [-0.1, -0.05) is 29.8 Å². The molecule has 7 nitrogen and oxygen atoms in total. The Hall–Kier alpha value is -3.56. The number of benzene rings is 2. The summed E-state index contributed by atoms with van der Waals surface area (Å²) in [6, 6.07) is 13.3. The van der Waals surface area contributed by atoms with Gasteiger partial charge in [0.1, 0.15) is 16.4 Å². The van der Waals surface area contributed by atoms with E-state index in [-0.39, 0.29) is 10.7 Å². The molecule has 0 spiro atoms. The number of anilines is 1. The Morgan fingerprint density at radius 1 is 1.07 bits per heavy atom. The van der Waals surface area contributed by atoms with Gasteiger partial charge >= 0.3 is 17.8 Å². The van der Waals surface area contributed by atoms with Gasteiger partial charge in [-0.2, -0.15) is 5.10 Å². The minimum Gasteiger partial charge on any atom is -0.422 e. The van der Waals surface area contributed by atoms with Gasteiger partial charge in [-0.3, -0.25) is 9.59 Å². The van der Waals surface area contributed by atoms with E-state index >= 15 is 0 Å². The number of rotatable bonds is 5. The normalized spacial score (nSPS) is 10.6. The van der Waals surface area contributed by atoms with Crippen LogP contribution in [0.2, 0.25) is 5.02 Å². The maximum Gasteiger partial charge on any atom is 0.353 e. The van der Waals surface area contributed by atoms with E-state index in [0.717, 1.165) is 6.07 Å². The van der Waals surface area contributed by atoms with Gasteiger partial charge in [-0.25, -0.2) is 14.6 Å². The van der Waals surface area contributed by atoms with Crippen molar-refractivity contribution in [1.82, 2.24) is 5.43 Å². The molecule has 0 aliphatic heterocycles. The van der Waals surface area contributed by atoms with Gasteiger partial charge in [0, 0.05) is 5.69 Å². The second-order valence-electron chi connectivity index (χ2n) is 5.72. The SMILES string of the molecule is O=C(NN=Cc1cccc(OC(=O)c2cccs2)c1)C(=O)Nc1ccc(F)c(Cl)c1. The number of nitrogens with one attached hydrogen (secondary N) is 2. The molecule has 0 atom stereocenters. The first-order valence-electron chi connectivity index (χ1n) is 8.37. The van der Waals surface area contributed by atoms with Crippen molar-refractivity contribution in [1.29, 1.82) is 0 Å². The number of hydrogen-bond donors (Lipinski definition) is 2. The number of esters is 1. The van der Waals surface area contributed by atoms with Crippen molar-refractivity contribution in [3.63, 3.8) is 0 Å². The summed E-state index contributed by atoms with van der Waals surface area (Å²) in [4.78, 5) is 36.1. The van der Waals surface area contributed by atoms with Gasteiger partial charge in [0.05, 0.1) is 11.2 Å². The van der Waals surface area contributed by atoms with Crippen molar-refractivity contribution in [3.8, 4) is 5.75 Å². The molecule has 0 aliphatic rings. The highest BCUT2D eigenvalue weighted by atomic mass is 35.5. The molecule has 0 fully saturated rings. The van der Waals surface area contributed by atoms with Crippen molar-refractivity contribution in [2.45, 2.75) is 0 Å². The average Bonchev–Trinajstić information content (AvgIpc) is 3.26. The number of carbonyl (C=O) groups excluding carboxylic acids is 3. The van der Waals surface area contributed by atoms with Crippen LogP contribution in [0.3, 0.4) is 0 Å². The standard InChI is InChI=1S/C20H13ClFN3O4S/c21-15-10-13(6-7-16(15)22)24-18(26)19(27)25-23-11-12-3-1-4-14(9-12)29-20(28)17-5-2-8-30-17/h1-11H,(H,24,26)(H,25,27). The van der Waals surface area contributed by atoms with E-state index in [1.54, 1.807) is 41.8 Å². The Kier molecular flexibility index (Phi) is 6.89. The molecule has 0 saturated heterocycles. The molecule has 0 saturated carbocycles. The number of hydrazone groups is 1. The number of ether oxygens (including phenoxy) is 1. The Balaban J connectivity index is 1.55. The van der Waals surface area contributed by atoms with Gasteiger partial charge in [0.15, 0.2) is 0 Å². The molecule has 1 heterocycles. The average molecular weight is 446 g/mol. The van der Waals surface area contributed by atoms with Crippen molar-refractivity contribution in [2.75, 3.05) is 5.32 Å². The quantitative estimate of drug-likeness (QED) is 0.205. The Bertz CT molecular complexity index is 1120. The molecule has 2 aromatic carbocycles. The number of carbonyl (C=O) groups is 3. The Morgan fingerprint density at radius 2 is 1.90 bits per heavy atom. The fourth-order valence-corrected chi connectivity index (χ4v) is 2.97. The maximum absolute atomic E-state index is 13.1. The number of nitrogens with zero attached hydrogens (tertiary/aromatic N) is 1. The van der Waals surface area contributed by atoms with Crippen LogP contribution < -0.4 is 15.5 Å². The number of thiophene rings is 1. The summed E-state index contributed by atoms with van der Waals surface area (Å²) in [5.41, 5.74) is 2.75. The van der Waals surface area contributed by atoms with Crippen molar-refractivity contribution in [2.24, 2.45) is 5.10 Å². The van der Waals surface area contributed by atoms with Crippen LogP contribution in [0.5, 0.6) is 5.75 Å². The van der Waals surface area contributed by atoms with Crippen molar-refractivity contribution < 1.29 is 23.5 Å². The van der Waals surface area contributed by atoms with E-state index in [4.69, 9.17) is 16.3 Å². The van der Waals surface area contributed by atoms with Crippen molar-refractivity contribution >= 4 is 52.6 Å². The molecule has 152 valence electrons. The van der Waals surface area contributed by atoms with Gasteiger partial charge < -0.3 is 10.1 Å².